The Morgan fingerprint density at radius 1 is 1.19 bits per heavy atom. The highest BCUT2D eigenvalue weighted by molar-refractivity contribution is 8.13. The SMILES string of the molecule is CC(=O)SCCCCOc1ccc2ccccc2c1C=O. The minimum absolute atomic E-state index is 0.147. The number of unbranched alkanes of at least 4 members (excludes halogenated alkanes) is 1. The van der Waals surface area contributed by atoms with Gasteiger partial charge in [-0.1, -0.05) is 42.1 Å². The summed E-state index contributed by atoms with van der Waals surface area (Å²) in [5, 5.41) is 2.09. The predicted octanol–water partition coefficient (Wildman–Crippen LogP) is 4.09. The molecule has 0 aliphatic carbocycles. The molecule has 0 fully saturated rings. The highest BCUT2D eigenvalue weighted by Gasteiger charge is 2.07. The molecule has 0 saturated carbocycles. The van der Waals surface area contributed by atoms with E-state index in [-0.39, 0.29) is 5.12 Å². The van der Waals surface area contributed by atoms with Gasteiger partial charge in [-0.15, -0.1) is 0 Å². The first-order valence-electron chi connectivity index (χ1n) is 6.95. The normalized spacial score (nSPS) is 10.5. The largest absolute Gasteiger partial charge is 0.493 e. The van der Waals surface area contributed by atoms with Crippen molar-refractivity contribution in [1.82, 2.24) is 0 Å². The van der Waals surface area contributed by atoms with Crippen LogP contribution >= 0.6 is 11.8 Å². The number of carbonyl (C=O) groups is 2. The summed E-state index contributed by atoms with van der Waals surface area (Å²) in [5.74, 6) is 1.44. The number of thioether (sulfide) groups is 1. The van der Waals surface area contributed by atoms with E-state index in [2.05, 4.69) is 0 Å². The fourth-order valence-electron chi connectivity index (χ4n) is 2.13. The van der Waals surface area contributed by atoms with Crippen LogP contribution in [0, 0.1) is 0 Å². The lowest BCUT2D eigenvalue weighted by atomic mass is 10.0. The van der Waals surface area contributed by atoms with Gasteiger partial charge in [0.25, 0.3) is 0 Å². The van der Waals surface area contributed by atoms with Crippen LogP contribution in [0.25, 0.3) is 10.8 Å². The highest BCUT2D eigenvalue weighted by atomic mass is 32.2. The molecular formula is C17H18O3S. The number of fused-ring (bicyclic) bond motifs is 1. The zero-order valence-electron chi connectivity index (χ0n) is 12.0. The third-order valence-electron chi connectivity index (χ3n) is 3.15. The lowest BCUT2D eigenvalue weighted by Gasteiger charge is -2.10. The molecule has 0 aliphatic heterocycles. The van der Waals surface area contributed by atoms with Gasteiger partial charge >= 0.3 is 0 Å². The standard InChI is InChI=1S/C17H18O3S/c1-13(19)21-11-5-4-10-20-17-9-8-14-6-2-3-7-15(14)16(17)12-18/h2-3,6-9,12H,4-5,10-11H2,1H3. The third kappa shape index (κ3) is 4.33. The number of ether oxygens (including phenoxy) is 1. The van der Waals surface area contributed by atoms with Gasteiger partial charge in [0.1, 0.15) is 5.75 Å². The number of carbonyl (C=O) groups excluding carboxylic acids is 2. The summed E-state index contributed by atoms with van der Waals surface area (Å²) < 4.78 is 5.72. The first-order chi connectivity index (χ1) is 10.2. The molecule has 21 heavy (non-hydrogen) atoms. The maximum atomic E-state index is 11.3. The summed E-state index contributed by atoms with van der Waals surface area (Å²) in [5.41, 5.74) is 0.603. The maximum absolute atomic E-state index is 11.3. The Balaban J connectivity index is 1.96. The summed E-state index contributed by atoms with van der Waals surface area (Å²) in [6.07, 6.45) is 2.64. The Morgan fingerprint density at radius 2 is 2.00 bits per heavy atom. The van der Waals surface area contributed by atoms with Crippen LogP contribution in [0.15, 0.2) is 36.4 Å². The van der Waals surface area contributed by atoms with Crippen molar-refractivity contribution >= 4 is 33.9 Å². The molecule has 0 unspecified atom stereocenters. The van der Waals surface area contributed by atoms with Crippen LogP contribution in [0.1, 0.15) is 30.1 Å². The molecule has 0 aromatic heterocycles. The van der Waals surface area contributed by atoms with Crippen molar-refractivity contribution in [3.63, 3.8) is 0 Å². The zero-order chi connectivity index (χ0) is 15.1. The van der Waals surface area contributed by atoms with Gasteiger partial charge in [-0.2, -0.15) is 0 Å². The van der Waals surface area contributed by atoms with Crippen LogP contribution < -0.4 is 4.74 Å². The summed E-state index contributed by atoms with van der Waals surface area (Å²) in [6, 6.07) is 11.6. The van der Waals surface area contributed by atoms with E-state index in [0.29, 0.717) is 17.9 Å². The molecule has 2 aromatic rings. The smallest absolute Gasteiger partial charge is 0.185 e. The second-order valence-corrected chi connectivity index (χ2v) is 5.98. The van der Waals surface area contributed by atoms with E-state index in [0.717, 1.165) is 35.7 Å². The van der Waals surface area contributed by atoms with Crippen LogP contribution in [-0.2, 0) is 4.79 Å². The summed E-state index contributed by atoms with van der Waals surface area (Å²) in [7, 11) is 0. The fourth-order valence-corrected chi connectivity index (χ4v) is 2.76. The number of benzene rings is 2. The van der Waals surface area contributed by atoms with E-state index in [9.17, 15) is 9.59 Å². The van der Waals surface area contributed by atoms with Crippen molar-refractivity contribution in [2.24, 2.45) is 0 Å². The molecule has 0 bridgehead atoms. The Kier molecular flexibility index (Phi) is 5.81. The number of aldehydes is 1. The summed E-state index contributed by atoms with van der Waals surface area (Å²) >= 11 is 1.34. The molecule has 0 N–H and O–H groups in total. The van der Waals surface area contributed by atoms with E-state index in [1.165, 1.54) is 11.8 Å². The van der Waals surface area contributed by atoms with Gasteiger partial charge < -0.3 is 4.74 Å². The van der Waals surface area contributed by atoms with E-state index in [4.69, 9.17) is 4.74 Å². The van der Waals surface area contributed by atoms with Gasteiger partial charge in [0.05, 0.1) is 12.2 Å². The van der Waals surface area contributed by atoms with Crippen molar-refractivity contribution < 1.29 is 14.3 Å². The van der Waals surface area contributed by atoms with Gasteiger partial charge in [0.15, 0.2) is 11.4 Å². The second kappa shape index (κ2) is 7.84. The summed E-state index contributed by atoms with van der Waals surface area (Å²) in [4.78, 5) is 22.1. The lowest BCUT2D eigenvalue weighted by molar-refractivity contribution is -0.109. The van der Waals surface area contributed by atoms with Crippen molar-refractivity contribution in [3.8, 4) is 5.75 Å². The molecule has 2 aromatic carbocycles. The Labute approximate surface area is 128 Å². The molecule has 0 amide bonds. The monoisotopic (exact) mass is 302 g/mol. The fraction of sp³-hybridized carbons (Fsp3) is 0.294. The van der Waals surface area contributed by atoms with Crippen LogP contribution in [0.4, 0.5) is 0 Å². The highest BCUT2D eigenvalue weighted by Crippen LogP contribution is 2.26. The molecule has 2 rings (SSSR count). The lowest BCUT2D eigenvalue weighted by Crippen LogP contribution is -2.01. The van der Waals surface area contributed by atoms with Gasteiger partial charge in [0, 0.05) is 12.7 Å². The van der Waals surface area contributed by atoms with Crippen molar-refractivity contribution in [2.75, 3.05) is 12.4 Å². The Morgan fingerprint density at radius 3 is 2.76 bits per heavy atom. The van der Waals surface area contributed by atoms with E-state index < -0.39 is 0 Å². The molecule has 4 heteroatoms. The number of hydrogen-bond acceptors (Lipinski definition) is 4. The van der Waals surface area contributed by atoms with E-state index in [1.807, 2.05) is 36.4 Å². The van der Waals surface area contributed by atoms with Crippen molar-refractivity contribution in [3.05, 3.63) is 42.0 Å². The predicted molar refractivity (Wildman–Crippen MR) is 87.2 cm³/mol. The summed E-state index contributed by atoms with van der Waals surface area (Å²) in [6.45, 7) is 2.13. The maximum Gasteiger partial charge on any atom is 0.185 e. The van der Waals surface area contributed by atoms with Gasteiger partial charge in [-0.05, 0) is 29.7 Å². The van der Waals surface area contributed by atoms with Crippen LogP contribution in [0.2, 0.25) is 0 Å². The number of rotatable bonds is 7. The quantitative estimate of drug-likeness (QED) is 0.570. The molecular weight excluding hydrogens is 284 g/mol. The van der Waals surface area contributed by atoms with E-state index in [1.54, 1.807) is 6.92 Å². The molecule has 3 nitrogen and oxygen atoms in total. The molecule has 0 spiro atoms. The van der Waals surface area contributed by atoms with Crippen LogP contribution in [0.3, 0.4) is 0 Å². The topological polar surface area (TPSA) is 43.4 Å². The average molecular weight is 302 g/mol. The molecule has 0 atom stereocenters. The third-order valence-corrected chi connectivity index (χ3v) is 4.05. The number of hydrogen-bond donors (Lipinski definition) is 0. The van der Waals surface area contributed by atoms with Gasteiger partial charge in [-0.3, -0.25) is 9.59 Å². The molecule has 0 saturated heterocycles. The van der Waals surface area contributed by atoms with Crippen LogP contribution in [-0.4, -0.2) is 23.8 Å². The van der Waals surface area contributed by atoms with Crippen molar-refractivity contribution in [1.29, 1.82) is 0 Å². The molecule has 0 heterocycles. The second-order valence-electron chi connectivity index (χ2n) is 4.71. The van der Waals surface area contributed by atoms with Crippen molar-refractivity contribution in [2.45, 2.75) is 19.8 Å². The Hall–Kier alpha value is -1.81. The van der Waals surface area contributed by atoms with Gasteiger partial charge in [0.2, 0.25) is 0 Å². The molecule has 0 aliphatic rings. The van der Waals surface area contributed by atoms with E-state index >= 15 is 0 Å². The molecule has 0 radical (unpaired) electrons. The Bertz CT molecular complexity index is 637. The van der Waals surface area contributed by atoms with Crippen LogP contribution in [0.5, 0.6) is 5.75 Å². The first kappa shape index (κ1) is 15.6. The average Bonchev–Trinajstić information content (AvgIpc) is 2.50. The molecule has 110 valence electrons. The minimum atomic E-state index is 0.147. The minimum Gasteiger partial charge on any atom is -0.493 e. The first-order valence-corrected chi connectivity index (χ1v) is 7.94. The van der Waals surface area contributed by atoms with Gasteiger partial charge in [-0.25, -0.2) is 0 Å². The zero-order valence-corrected chi connectivity index (χ0v) is 12.8.